The van der Waals surface area contributed by atoms with Crippen LogP contribution in [0.25, 0.3) is 22.0 Å². The number of nitrogens with two attached hydrogens (primary N) is 1. The molecule has 2 amide bonds. The lowest BCUT2D eigenvalue weighted by atomic mass is 9.93. The first-order valence-electron chi connectivity index (χ1n) is 20.9. The summed E-state index contributed by atoms with van der Waals surface area (Å²) in [4.78, 5) is 32.1. The van der Waals surface area contributed by atoms with Crippen molar-refractivity contribution >= 4 is 60.2 Å². The number of anilines is 1. The highest BCUT2D eigenvalue weighted by Crippen LogP contribution is 2.68. The molecule has 3 atom stereocenters. The number of aryl methyl sites for hydroxylation is 1. The molecule has 3 N–H and O–H groups in total. The number of carbonyl (C=O) groups excluding carboxylic acids is 2. The Morgan fingerprint density at radius 3 is 2.20 bits per heavy atom. The van der Waals surface area contributed by atoms with Crippen LogP contribution in [0.15, 0.2) is 42.5 Å². The van der Waals surface area contributed by atoms with Gasteiger partial charge in [-0.1, -0.05) is 23.7 Å². The molecule has 1 unspecified atom stereocenters. The number of alkyl halides is 8. The van der Waals surface area contributed by atoms with Gasteiger partial charge in [0.15, 0.2) is 21.3 Å². The van der Waals surface area contributed by atoms with E-state index in [2.05, 4.69) is 20.5 Å². The second-order valence-corrected chi connectivity index (χ2v) is 22.4. The van der Waals surface area contributed by atoms with Gasteiger partial charge in [0.25, 0.3) is 5.92 Å². The number of amides is 2. The monoisotopic (exact) mass is 1060 g/mol. The average molecular weight is 1060 g/mol. The molecule has 15 nitrogen and oxygen atoms in total. The molecule has 380 valence electrons. The van der Waals surface area contributed by atoms with Crippen LogP contribution in [0.5, 0.6) is 0 Å². The normalized spacial score (nSPS) is 17.3. The summed E-state index contributed by atoms with van der Waals surface area (Å²) in [5, 5.41) is 8.69. The summed E-state index contributed by atoms with van der Waals surface area (Å²) in [7, 11) is -8.53. The van der Waals surface area contributed by atoms with Crippen LogP contribution in [0.3, 0.4) is 0 Å². The highest BCUT2D eigenvalue weighted by molar-refractivity contribution is 7.92. The maximum absolute atomic E-state index is 15.6. The maximum Gasteiger partial charge on any atom is 0.435 e. The number of hydrogen-bond acceptors (Lipinski definition) is 11. The van der Waals surface area contributed by atoms with E-state index in [1.54, 1.807) is 0 Å². The van der Waals surface area contributed by atoms with Crippen LogP contribution in [-0.4, -0.2) is 90.0 Å². The molecule has 0 saturated heterocycles. The van der Waals surface area contributed by atoms with E-state index in [4.69, 9.17) is 22.1 Å². The van der Waals surface area contributed by atoms with E-state index in [0.29, 0.717) is 12.3 Å². The summed E-state index contributed by atoms with van der Waals surface area (Å²) in [5.74, 6) is -11.0. The van der Waals surface area contributed by atoms with Gasteiger partial charge in [-0.15, -0.1) is 0 Å². The van der Waals surface area contributed by atoms with Crippen molar-refractivity contribution in [2.75, 3.05) is 30.0 Å². The summed E-state index contributed by atoms with van der Waals surface area (Å²) in [6.07, 6.45) is -11.6. The van der Waals surface area contributed by atoms with Gasteiger partial charge in [-0.25, -0.2) is 30.4 Å². The van der Waals surface area contributed by atoms with E-state index in [1.165, 1.54) is 26.0 Å². The van der Waals surface area contributed by atoms with Crippen molar-refractivity contribution in [2.24, 2.45) is 11.7 Å². The quantitative estimate of drug-likeness (QED) is 0.0916. The van der Waals surface area contributed by atoms with E-state index in [0.717, 1.165) is 30.5 Å². The second kappa shape index (κ2) is 18.3. The Balaban J connectivity index is 1.46. The van der Waals surface area contributed by atoms with Gasteiger partial charge in [0, 0.05) is 47.2 Å². The third kappa shape index (κ3) is 10.4. The first kappa shape index (κ1) is 52.3. The van der Waals surface area contributed by atoms with Gasteiger partial charge in [-0.3, -0.25) is 19.1 Å². The lowest BCUT2D eigenvalue weighted by Gasteiger charge is -2.25. The Bertz CT molecular complexity index is 3120. The minimum absolute atomic E-state index is 0.0515. The summed E-state index contributed by atoms with van der Waals surface area (Å²) in [6, 6.07) is 5.21. The molecule has 2 aliphatic carbocycles. The molecule has 0 spiro atoms. The van der Waals surface area contributed by atoms with Gasteiger partial charge < -0.3 is 15.8 Å². The Morgan fingerprint density at radius 2 is 1.61 bits per heavy atom. The predicted octanol–water partition coefficient (Wildman–Crippen LogP) is 7.73. The van der Waals surface area contributed by atoms with Crippen molar-refractivity contribution in [3.05, 3.63) is 93.0 Å². The smallest absolute Gasteiger partial charge is 0.435 e. The molecule has 0 radical (unpaired) electrons. The van der Waals surface area contributed by atoms with E-state index >= 15 is 8.78 Å². The fourth-order valence-corrected chi connectivity index (χ4v) is 9.88. The zero-order valence-electron chi connectivity index (χ0n) is 37.0. The molecule has 3 heterocycles. The number of nitrogens with one attached hydrogen (secondary N) is 1. The van der Waals surface area contributed by atoms with Crippen molar-refractivity contribution in [3.8, 4) is 11.1 Å². The van der Waals surface area contributed by atoms with Gasteiger partial charge in [0.1, 0.15) is 37.0 Å². The number of rotatable bonds is 16. The van der Waals surface area contributed by atoms with Crippen LogP contribution in [0.2, 0.25) is 5.02 Å². The molecule has 0 aliphatic heterocycles. The lowest BCUT2D eigenvalue weighted by molar-refractivity contribution is -0.143. The molecule has 0 bridgehead atoms. The van der Waals surface area contributed by atoms with Crippen LogP contribution in [0, 0.1) is 17.6 Å². The van der Waals surface area contributed by atoms with E-state index in [-0.39, 0.29) is 67.6 Å². The lowest BCUT2D eigenvalue weighted by Crippen LogP contribution is -2.38. The summed E-state index contributed by atoms with van der Waals surface area (Å²) in [5.41, 5.74) is 0.192. The SMILES string of the molecule is CC(C)(CCc1ccc(-c2ccc(Cl)c3c(N(C(=O)OCCN)S(C)(=O)=O)nn(CC(F)(F)F)c23)c([C@H](Cc2cc(F)cc(F)c2)NC(=O)Cn2nc(C(F)(F)F)c3c2C(F)(F)C2C[C@H]32)n1)S(C)(=O)=O. The van der Waals surface area contributed by atoms with Crippen molar-refractivity contribution in [3.63, 3.8) is 0 Å². The van der Waals surface area contributed by atoms with Gasteiger partial charge in [-0.2, -0.15) is 49.6 Å². The van der Waals surface area contributed by atoms with E-state index in [1.807, 2.05) is 0 Å². The number of nitrogens with zero attached hydrogens (tertiary/aromatic N) is 6. The van der Waals surface area contributed by atoms with Crippen molar-refractivity contribution in [2.45, 2.75) is 87.6 Å². The van der Waals surface area contributed by atoms with Crippen molar-refractivity contribution in [1.29, 1.82) is 0 Å². The fourth-order valence-electron chi connectivity index (χ4n) is 8.40. The molecule has 28 heteroatoms. The van der Waals surface area contributed by atoms with Crippen LogP contribution in [0.1, 0.15) is 72.6 Å². The molecule has 1 saturated carbocycles. The number of pyridine rings is 1. The van der Waals surface area contributed by atoms with Crippen LogP contribution >= 0.6 is 11.6 Å². The fraction of sp³-hybridized carbons (Fsp3) is 0.452. The molecule has 3 aromatic heterocycles. The number of sulfonamides is 1. The van der Waals surface area contributed by atoms with Gasteiger partial charge in [0.2, 0.25) is 15.9 Å². The van der Waals surface area contributed by atoms with Gasteiger partial charge in [0.05, 0.1) is 38.7 Å². The molecule has 2 aromatic carbocycles. The molecule has 7 rings (SSSR count). The first-order chi connectivity index (χ1) is 32.2. The molecule has 2 aliphatic rings. The third-order valence-corrected chi connectivity index (χ3v) is 15.5. The van der Waals surface area contributed by atoms with Crippen LogP contribution < -0.4 is 15.4 Å². The zero-order valence-corrected chi connectivity index (χ0v) is 39.4. The maximum atomic E-state index is 15.6. The average Bonchev–Trinajstić information content (AvgIpc) is 3.73. The Morgan fingerprint density at radius 1 is 0.971 bits per heavy atom. The van der Waals surface area contributed by atoms with E-state index < -0.39 is 149 Å². The molecular formula is C42H41ClF10N8O7S2. The number of ether oxygens (including phenoxy) is 1. The molecular weight excluding hydrogens is 1020 g/mol. The predicted molar refractivity (Wildman–Crippen MR) is 232 cm³/mol. The number of halogens is 11. The molecule has 5 aromatic rings. The molecule has 70 heavy (non-hydrogen) atoms. The Hall–Kier alpha value is -5.54. The number of fused-ring (bicyclic) bond motifs is 4. The standard InChI is InChI=1S/C42H41ClF10N8O7S2/c1-39(2,69(3,64)65)10-9-23-5-6-24(25-7-8-28(43)32-34(25)60(19-40(46,47)48)58-37(32)61(70(4,66)67)38(63)68-12-11-54)33(55-23)29(15-20-13-21(44)16-22(45)14-20)56-30(62)18-59-36-31(35(57-59)42(51,52)53)26-17-27(26)41(36,49)50/h5-8,13-14,16,26-27,29H,9-12,15,17-19,54H2,1-4H3,(H,56,62)/t26-,27?,29-/m0/s1. The minimum Gasteiger partial charge on any atom is -0.447 e. The van der Waals surface area contributed by atoms with Gasteiger partial charge >= 0.3 is 18.4 Å². The minimum atomic E-state index is -5.21. The number of aromatic nitrogens is 5. The Kier molecular flexibility index (Phi) is 13.6. The third-order valence-electron chi connectivity index (χ3n) is 12.0. The van der Waals surface area contributed by atoms with Crippen molar-refractivity contribution in [1.82, 2.24) is 29.9 Å². The summed E-state index contributed by atoms with van der Waals surface area (Å²) in [6.45, 7) is -1.27. The highest BCUT2D eigenvalue weighted by atomic mass is 35.5. The number of hydrogen-bond donors (Lipinski definition) is 2. The largest absolute Gasteiger partial charge is 0.447 e. The highest BCUT2D eigenvalue weighted by Gasteiger charge is 2.68. The van der Waals surface area contributed by atoms with Crippen LogP contribution in [0.4, 0.5) is 54.5 Å². The van der Waals surface area contributed by atoms with E-state index in [9.17, 15) is 61.5 Å². The topological polar surface area (TPSA) is 201 Å². The number of benzene rings is 2. The molecule has 1 fully saturated rings. The summed E-state index contributed by atoms with van der Waals surface area (Å²) < 4.78 is 202. The second-order valence-electron chi connectivity index (χ2n) is 17.6. The van der Waals surface area contributed by atoms with Crippen LogP contribution in [-0.2, 0) is 67.4 Å². The number of carbonyl (C=O) groups is 2. The number of sulfone groups is 1. The summed E-state index contributed by atoms with van der Waals surface area (Å²) >= 11 is 6.59. The zero-order chi connectivity index (χ0) is 51.8. The van der Waals surface area contributed by atoms with Crippen molar-refractivity contribution < 1.29 is 75.1 Å². The Labute approximate surface area is 397 Å². The van der Waals surface area contributed by atoms with Gasteiger partial charge in [-0.05, 0) is 75.3 Å². The first-order valence-corrected chi connectivity index (χ1v) is 25.0.